The lowest BCUT2D eigenvalue weighted by atomic mass is 10.1. The van der Waals surface area contributed by atoms with Gasteiger partial charge in [-0.2, -0.15) is 0 Å². The molecule has 39 heavy (non-hydrogen) atoms. The zero-order chi connectivity index (χ0) is 27.5. The minimum Gasteiger partial charge on any atom is -0.480 e. The van der Waals surface area contributed by atoms with Crippen LogP contribution in [0.3, 0.4) is 0 Å². The van der Waals surface area contributed by atoms with Crippen molar-refractivity contribution in [2.75, 3.05) is 11.9 Å². The topological polar surface area (TPSA) is 120 Å². The summed E-state index contributed by atoms with van der Waals surface area (Å²) in [6, 6.07) is 17.3. The smallest absolute Gasteiger partial charge is 0.328 e. The van der Waals surface area contributed by atoms with Gasteiger partial charge in [-0.3, -0.25) is 4.79 Å². The lowest BCUT2D eigenvalue weighted by molar-refractivity contribution is -0.139. The molecule has 0 aliphatic heterocycles. The molecule has 202 valence electrons. The molecule has 0 saturated carbocycles. The molecule has 5 N–H and O–H groups in total. The van der Waals surface area contributed by atoms with Crippen molar-refractivity contribution in [2.45, 2.75) is 43.8 Å². The van der Waals surface area contributed by atoms with Crippen LogP contribution in [0, 0.1) is 0 Å². The summed E-state index contributed by atoms with van der Waals surface area (Å²) in [4.78, 5) is 37.5. The molecule has 2 aliphatic carbocycles. The van der Waals surface area contributed by atoms with Crippen molar-refractivity contribution in [1.82, 2.24) is 16.0 Å². The van der Waals surface area contributed by atoms with Crippen LogP contribution in [0.2, 0.25) is 10.0 Å². The maximum Gasteiger partial charge on any atom is 0.328 e. The predicted molar refractivity (Wildman–Crippen MR) is 151 cm³/mol. The molecule has 2 atom stereocenters. The van der Waals surface area contributed by atoms with Gasteiger partial charge in [0.05, 0.1) is 33.9 Å². The summed E-state index contributed by atoms with van der Waals surface area (Å²) in [7, 11) is 0. The highest BCUT2D eigenvalue weighted by molar-refractivity contribution is 6.41. The minimum atomic E-state index is -1.40. The molecular formula is C29H28Cl2N4O4. The third-order valence-corrected chi connectivity index (χ3v) is 7.94. The molecule has 0 radical (unpaired) electrons. The van der Waals surface area contributed by atoms with E-state index >= 15 is 0 Å². The first-order valence-corrected chi connectivity index (χ1v) is 13.5. The Morgan fingerprint density at radius 1 is 0.923 bits per heavy atom. The molecule has 5 rings (SSSR count). The largest absolute Gasteiger partial charge is 0.480 e. The van der Waals surface area contributed by atoms with Crippen LogP contribution >= 0.6 is 23.2 Å². The molecule has 0 bridgehead atoms. The van der Waals surface area contributed by atoms with Gasteiger partial charge in [-0.1, -0.05) is 71.7 Å². The molecule has 0 heterocycles. The number of fused-ring (bicyclic) bond motifs is 2. The molecule has 8 nitrogen and oxygen atoms in total. The van der Waals surface area contributed by atoms with Gasteiger partial charge in [0.15, 0.2) is 0 Å². The lowest BCUT2D eigenvalue weighted by Gasteiger charge is -2.20. The van der Waals surface area contributed by atoms with Crippen LogP contribution in [0.5, 0.6) is 0 Å². The molecule has 3 aromatic carbocycles. The summed E-state index contributed by atoms with van der Waals surface area (Å²) < 4.78 is 0. The Labute approximate surface area is 236 Å². The number of halogens is 2. The van der Waals surface area contributed by atoms with Crippen LogP contribution in [0.4, 0.5) is 10.5 Å². The van der Waals surface area contributed by atoms with Gasteiger partial charge in [-0.15, -0.1) is 0 Å². The first-order valence-electron chi connectivity index (χ1n) is 12.8. The predicted octanol–water partition coefficient (Wildman–Crippen LogP) is 4.74. The van der Waals surface area contributed by atoms with E-state index in [-0.39, 0.29) is 34.2 Å². The normalized spacial score (nSPS) is 16.6. The van der Waals surface area contributed by atoms with Gasteiger partial charge in [-0.25, -0.2) is 9.59 Å². The molecular weight excluding hydrogens is 539 g/mol. The van der Waals surface area contributed by atoms with Crippen molar-refractivity contribution in [2.24, 2.45) is 0 Å². The van der Waals surface area contributed by atoms with Gasteiger partial charge in [0.1, 0.15) is 6.04 Å². The van der Waals surface area contributed by atoms with E-state index in [4.69, 9.17) is 23.2 Å². The molecule has 0 saturated heterocycles. The molecule has 0 fully saturated rings. The molecule has 2 aliphatic rings. The van der Waals surface area contributed by atoms with Crippen molar-refractivity contribution >= 4 is 46.8 Å². The monoisotopic (exact) mass is 566 g/mol. The Balaban J connectivity index is 1.21. The van der Waals surface area contributed by atoms with Crippen molar-refractivity contribution in [3.05, 3.63) is 98.5 Å². The van der Waals surface area contributed by atoms with E-state index < -0.39 is 23.9 Å². The number of carbonyl (C=O) groups is 3. The van der Waals surface area contributed by atoms with Crippen LogP contribution in [0.25, 0.3) is 0 Å². The number of urea groups is 1. The van der Waals surface area contributed by atoms with E-state index in [0.29, 0.717) is 5.69 Å². The molecule has 0 unspecified atom stereocenters. The van der Waals surface area contributed by atoms with Crippen molar-refractivity contribution in [3.8, 4) is 0 Å². The van der Waals surface area contributed by atoms with Crippen molar-refractivity contribution in [3.63, 3.8) is 0 Å². The SMILES string of the molecule is O=C(NC[C@H](NC(=O)c1c(Cl)ccc(NC2Cc3ccccc3C2)c1Cl)C(=O)O)N[C@@H]1CCc2ccccc21. The number of aliphatic carboxylic acids is 1. The highest BCUT2D eigenvalue weighted by atomic mass is 35.5. The van der Waals surface area contributed by atoms with Crippen LogP contribution in [0.1, 0.15) is 45.1 Å². The first-order chi connectivity index (χ1) is 18.8. The maximum absolute atomic E-state index is 13.1. The van der Waals surface area contributed by atoms with Crippen LogP contribution < -0.4 is 21.3 Å². The van der Waals surface area contributed by atoms with Crippen LogP contribution in [0.15, 0.2) is 60.7 Å². The molecule has 3 aromatic rings. The summed E-state index contributed by atoms with van der Waals surface area (Å²) in [6.07, 6.45) is 3.26. The fraction of sp³-hybridized carbons (Fsp3) is 0.276. The summed E-state index contributed by atoms with van der Waals surface area (Å²) in [6.45, 7) is -0.325. The maximum atomic E-state index is 13.1. The minimum absolute atomic E-state index is 0.0305. The molecule has 3 amide bonds. The number of nitrogens with one attached hydrogen (secondary N) is 4. The molecule has 0 spiro atoms. The highest BCUT2D eigenvalue weighted by Gasteiger charge is 2.28. The van der Waals surface area contributed by atoms with E-state index in [1.165, 1.54) is 16.7 Å². The molecule has 10 heteroatoms. The van der Waals surface area contributed by atoms with Crippen molar-refractivity contribution in [1.29, 1.82) is 0 Å². The summed E-state index contributed by atoms with van der Waals surface area (Å²) in [5, 5.41) is 21.1. The van der Waals surface area contributed by atoms with Crippen molar-refractivity contribution < 1.29 is 19.5 Å². The number of carbonyl (C=O) groups excluding carboxylic acids is 2. The Bertz CT molecular complexity index is 1410. The fourth-order valence-corrected chi connectivity index (χ4v) is 5.89. The molecule has 0 aromatic heterocycles. The standard InChI is InChI=1S/C29H28Cl2N4O4/c30-21-10-12-23(33-19-13-17-6-1-2-7-18(17)14-19)26(31)25(21)27(36)34-24(28(37)38)15-32-29(39)35-22-11-9-16-5-3-4-8-20(16)22/h1-8,10,12,19,22,24,33H,9,11,13-15H2,(H,34,36)(H,37,38)(H2,32,35,39)/t22-,24+/m1/s1. The Kier molecular flexibility index (Phi) is 7.95. The Morgan fingerprint density at radius 3 is 2.28 bits per heavy atom. The van der Waals surface area contributed by atoms with E-state index in [1.807, 2.05) is 36.4 Å². The van der Waals surface area contributed by atoms with Gasteiger partial charge in [0, 0.05) is 6.04 Å². The third-order valence-electron chi connectivity index (χ3n) is 7.24. The number of hydrogen-bond donors (Lipinski definition) is 5. The summed E-state index contributed by atoms with van der Waals surface area (Å²) in [5.41, 5.74) is 5.26. The van der Waals surface area contributed by atoms with E-state index in [2.05, 4.69) is 33.4 Å². The average molecular weight is 567 g/mol. The number of amides is 3. The van der Waals surface area contributed by atoms with E-state index in [0.717, 1.165) is 31.2 Å². The van der Waals surface area contributed by atoms with E-state index in [9.17, 15) is 19.5 Å². The number of rotatable bonds is 8. The van der Waals surface area contributed by atoms with E-state index in [1.54, 1.807) is 12.1 Å². The van der Waals surface area contributed by atoms with Gasteiger partial charge in [0.25, 0.3) is 5.91 Å². The van der Waals surface area contributed by atoms with Crippen LogP contribution in [-0.2, 0) is 24.1 Å². The second-order valence-electron chi connectivity index (χ2n) is 9.81. The number of carboxylic acids is 1. The number of benzene rings is 3. The van der Waals surface area contributed by atoms with Gasteiger partial charge in [0.2, 0.25) is 0 Å². The first kappa shape index (κ1) is 26.8. The quantitative estimate of drug-likeness (QED) is 0.270. The number of anilines is 1. The van der Waals surface area contributed by atoms with Gasteiger partial charge < -0.3 is 26.4 Å². The van der Waals surface area contributed by atoms with Gasteiger partial charge >= 0.3 is 12.0 Å². The zero-order valence-electron chi connectivity index (χ0n) is 21.0. The zero-order valence-corrected chi connectivity index (χ0v) is 22.5. The van der Waals surface area contributed by atoms with Gasteiger partial charge in [-0.05, 0) is 60.1 Å². The second kappa shape index (κ2) is 11.6. The summed E-state index contributed by atoms with van der Waals surface area (Å²) >= 11 is 12.9. The number of aryl methyl sites for hydroxylation is 1. The number of carboxylic acid groups (broad SMARTS) is 1. The Hall–Kier alpha value is -3.75. The fourth-order valence-electron chi connectivity index (χ4n) is 5.29. The second-order valence-corrected chi connectivity index (χ2v) is 10.6. The van der Waals surface area contributed by atoms with Crippen LogP contribution in [-0.4, -0.2) is 41.6 Å². The third kappa shape index (κ3) is 5.97. The summed E-state index contributed by atoms with van der Waals surface area (Å²) in [5.74, 6) is -2.05. The highest BCUT2D eigenvalue weighted by Crippen LogP contribution is 2.34. The Morgan fingerprint density at radius 2 is 1.59 bits per heavy atom. The average Bonchev–Trinajstić information content (AvgIpc) is 3.51. The lowest BCUT2D eigenvalue weighted by Crippen LogP contribution is -2.50. The number of hydrogen-bond acceptors (Lipinski definition) is 4.